The SMILES string of the molecule is CC(C)(O)c1ncc(-c2csc3ccccc23)[nH]1. The fourth-order valence-corrected chi connectivity index (χ4v) is 2.92. The van der Waals surface area contributed by atoms with Crippen LogP contribution in [0.5, 0.6) is 0 Å². The molecule has 0 spiro atoms. The lowest BCUT2D eigenvalue weighted by Gasteiger charge is -2.12. The highest BCUT2D eigenvalue weighted by Gasteiger charge is 2.20. The molecule has 3 rings (SSSR count). The molecule has 0 atom stereocenters. The molecule has 0 saturated carbocycles. The van der Waals surface area contributed by atoms with Crippen molar-refractivity contribution in [3.05, 3.63) is 41.7 Å². The lowest BCUT2D eigenvalue weighted by Crippen LogP contribution is -2.17. The topological polar surface area (TPSA) is 48.9 Å². The fraction of sp³-hybridized carbons (Fsp3) is 0.214. The van der Waals surface area contributed by atoms with Gasteiger partial charge in [-0.1, -0.05) is 18.2 Å². The van der Waals surface area contributed by atoms with Gasteiger partial charge in [-0.2, -0.15) is 0 Å². The van der Waals surface area contributed by atoms with Crippen LogP contribution < -0.4 is 0 Å². The minimum absolute atomic E-state index is 0.591. The maximum absolute atomic E-state index is 9.92. The Bertz CT molecular complexity index is 691. The van der Waals surface area contributed by atoms with E-state index in [0.717, 1.165) is 11.3 Å². The molecule has 0 aliphatic heterocycles. The van der Waals surface area contributed by atoms with Crippen LogP contribution in [0.15, 0.2) is 35.8 Å². The third-order valence-corrected chi connectivity index (χ3v) is 3.89. The summed E-state index contributed by atoms with van der Waals surface area (Å²) in [5, 5.41) is 13.3. The van der Waals surface area contributed by atoms with Crippen molar-refractivity contribution in [2.75, 3.05) is 0 Å². The van der Waals surface area contributed by atoms with Gasteiger partial charge in [0.05, 0.1) is 11.9 Å². The van der Waals surface area contributed by atoms with E-state index in [1.807, 2.05) is 12.1 Å². The van der Waals surface area contributed by atoms with E-state index in [0.29, 0.717) is 5.82 Å². The Hall–Kier alpha value is -1.65. The summed E-state index contributed by atoms with van der Waals surface area (Å²) in [5.74, 6) is 0.591. The molecule has 0 saturated heterocycles. The van der Waals surface area contributed by atoms with E-state index < -0.39 is 5.60 Å². The van der Waals surface area contributed by atoms with E-state index in [1.165, 1.54) is 10.1 Å². The van der Waals surface area contributed by atoms with Crippen LogP contribution in [0.4, 0.5) is 0 Å². The molecular formula is C14H14N2OS. The number of nitrogens with zero attached hydrogens (tertiary/aromatic N) is 1. The molecule has 0 fully saturated rings. The number of aromatic amines is 1. The molecule has 2 N–H and O–H groups in total. The van der Waals surface area contributed by atoms with Crippen LogP contribution >= 0.6 is 11.3 Å². The van der Waals surface area contributed by atoms with E-state index >= 15 is 0 Å². The number of aromatic nitrogens is 2. The second kappa shape index (κ2) is 3.93. The van der Waals surface area contributed by atoms with Crippen molar-refractivity contribution in [1.29, 1.82) is 0 Å². The fourth-order valence-electron chi connectivity index (χ4n) is 1.96. The molecule has 2 heterocycles. The molecular weight excluding hydrogens is 244 g/mol. The van der Waals surface area contributed by atoms with Crippen LogP contribution in [0.2, 0.25) is 0 Å². The number of imidazole rings is 1. The first-order chi connectivity index (χ1) is 8.55. The van der Waals surface area contributed by atoms with Gasteiger partial charge in [-0.05, 0) is 19.9 Å². The van der Waals surface area contributed by atoms with Crippen molar-refractivity contribution in [2.45, 2.75) is 19.4 Å². The summed E-state index contributed by atoms with van der Waals surface area (Å²) in [6.45, 7) is 3.45. The maximum Gasteiger partial charge on any atom is 0.138 e. The molecule has 18 heavy (non-hydrogen) atoms. The van der Waals surface area contributed by atoms with Crippen LogP contribution in [-0.4, -0.2) is 15.1 Å². The highest BCUT2D eigenvalue weighted by atomic mass is 32.1. The molecule has 3 nitrogen and oxygen atoms in total. The maximum atomic E-state index is 9.92. The molecule has 4 heteroatoms. The van der Waals surface area contributed by atoms with Crippen molar-refractivity contribution in [2.24, 2.45) is 0 Å². The first-order valence-electron chi connectivity index (χ1n) is 5.80. The van der Waals surface area contributed by atoms with Gasteiger partial charge >= 0.3 is 0 Å². The number of hydrogen-bond donors (Lipinski definition) is 2. The van der Waals surface area contributed by atoms with Crippen molar-refractivity contribution in [3.63, 3.8) is 0 Å². The Morgan fingerprint density at radius 1 is 1.28 bits per heavy atom. The zero-order valence-electron chi connectivity index (χ0n) is 10.3. The quantitative estimate of drug-likeness (QED) is 0.739. The number of rotatable bonds is 2. The average Bonchev–Trinajstić information content (AvgIpc) is 2.94. The van der Waals surface area contributed by atoms with Crippen molar-refractivity contribution in [1.82, 2.24) is 9.97 Å². The third kappa shape index (κ3) is 1.83. The van der Waals surface area contributed by atoms with E-state index in [-0.39, 0.29) is 0 Å². The first-order valence-corrected chi connectivity index (χ1v) is 6.68. The second-order valence-corrected chi connectivity index (χ2v) is 5.76. The molecule has 2 aromatic heterocycles. The van der Waals surface area contributed by atoms with Crippen molar-refractivity contribution >= 4 is 21.4 Å². The minimum Gasteiger partial charge on any atom is -0.383 e. The van der Waals surface area contributed by atoms with Gasteiger partial charge in [0.25, 0.3) is 0 Å². The Morgan fingerprint density at radius 2 is 2.06 bits per heavy atom. The van der Waals surface area contributed by atoms with E-state index in [2.05, 4.69) is 27.5 Å². The molecule has 0 unspecified atom stereocenters. The zero-order chi connectivity index (χ0) is 12.8. The third-order valence-electron chi connectivity index (χ3n) is 2.93. The monoisotopic (exact) mass is 258 g/mol. The lowest BCUT2D eigenvalue weighted by atomic mass is 10.1. The summed E-state index contributed by atoms with van der Waals surface area (Å²) in [7, 11) is 0. The summed E-state index contributed by atoms with van der Waals surface area (Å²) in [6.07, 6.45) is 1.78. The zero-order valence-corrected chi connectivity index (χ0v) is 11.1. The number of thiophene rings is 1. The summed E-state index contributed by atoms with van der Waals surface area (Å²) >= 11 is 1.72. The summed E-state index contributed by atoms with van der Waals surface area (Å²) in [4.78, 5) is 7.44. The molecule has 0 amide bonds. The van der Waals surface area contributed by atoms with Gasteiger partial charge in [-0.3, -0.25) is 0 Å². The van der Waals surface area contributed by atoms with Crippen LogP contribution in [0.3, 0.4) is 0 Å². The minimum atomic E-state index is -0.940. The highest BCUT2D eigenvalue weighted by Crippen LogP contribution is 2.33. The van der Waals surface area contributed by atoms with E-state index in [4.69, 9.17) is 0 Å². The second-order valence-electron chi connectivity index (χ2n) is 4.85. The standard InChI is InChI=1S/C14H14N2OS/c1-14(2,17)13-15-7-11(16-13)10-8-18-12-6-4-3-5-9(10)12/h3-8,17H,1-2H3,(H,15,16). The molecule has 3 aromatic rings. The summed E-state index contributed by atoms with van der Waals surface area (Å²) in [6, 6.07) is 8.28. The van der Waals surface area contributed by atoms with Crippen molar-refractivity contribution < 1.29 is 5.11 Å². The number of hydrogen-bond acceptors (Lipinski definition) is 3. The van der Waals surface area contributed by atoms with Crippen LogP contribution in [-0.2, 0) is 5.60 Å². The number of H-pyrrole nitrogens is 1. The summed E-state index contributed by atoms with van der Waals surface area (Å²) < 4.78 is 1.26. The van der Waals surface area contributed by atoms with Gasteiger partial charge in [0, 0.05) is 21.0 Å². The summed E-state index contributed by atoms with van der Waals surface area (Å²) in [5.41, 5.74) is 1.15. The van der Waals surface area contributed by atoms with Gasteiger partial charge in [-0.15, -0.1) is 11.3 Å². The number of nitrogens with one attached hydrogen (secondary N) is 1. The van der Waals surface area contributed by atoms with Gasteiger partial charge in [0.15, 0.2) is 0 Å². The predicted octanol–water partition coefficient (Wildman–Crippen LogP) is 3.52. The number of fused-ring (bicyclic) bond motifs is 1. The number of aliphatic hydroxyl groups is 1. The molecule has 0 bridgehead atoms. The largest absolute Gasteiger partial charge is 0.383 e. The molecule has 92 valence electrons. The van der Waals surface area contributed by atoms with Crippen LogP contribution in [0.25, 0.3) is 21.3 Å². The Balaban J connectivity index is 2.13. The van der Waals surface area contributed by atoms with Crippen molar-refractivity contribution in [3.8, 4) is 11.3 Å². The van der Waals surface area contributed by atoms with Crippen LogP contribution in [0.1, 0.15) is 19.7 Å². The van der Waals surface area contributed by atoms with Gasteiger partial charge in [0.1, 0.15) is 11.4 Å². The smallest absolute Gasteiger partial charge is 0.138 e. The lowest BCUT2D eigenvalue weighted by molar-refractivity contribution is 0.0697. The Labute approximate surface area is 109 Å². The highest BCUT2D eigenvalue weighted by molar-refractivity contribution is 7.17. The first kappa shape index (κ1) is 11.4. The predicted molar refractivity (Wildman–Crippen MR) is 74.7 cm³/mol. The van der Waals surface area contributed by atoms with E-state index in [9.17, 15) is 5.11 Å². The Morgan fingerprint density at radius 3 is 2.78 bits per heavy atom. The molecule has 0 radical (unpaired) electrons. The van der Waals surface area contributed by atoms with E-state index in [1.54, 1.807) is 31.4 Å². The van der Waals surface area contributed by atoms with Gasteiger partial charge < -0.3 is 10.1 Å². The Kier molecular flexibility index (Phi) is 2.50. The average molecular weight is 258 g/mol. The molecule has 1 aromatic carbocycles. The van der Waals surface area contributed by atoms with Gasteiger partial charge in [0.2, 0.25) is 0 Å². The normalized spacial score (nSPS) is 12.2. The molecule has 0 aliphatic carbocycles. The van der Waals surface area contributed by atoms with Crippen LogP contribution in [0, 0.1) is 0 Å². The van der Waals surface area contributed by atoms with Gasteiger partial charge in [-0.25, -0.2) is 4.98 Å². The number of benzene rings is 1. The molecule has 0 aliphatic rings.